The fraction of sp³-hybridized carbons (Fsp3) is 0. The molecule has 0 saturated carbocycles. The van der Waals surface area contributed by atoms with Gasteiger partial charge in [-0.2, -0.15) is 9.78 Å². The fourth-order valence-corrected chi connectivity index (χ4v) is 3.60. The van der Waals surface area contributed by atoms with Crippen LogP contribution in [0, 0.1) is 0 Å². The Morgan fingerprint density at radius 1 is 1.15 bits per heavy atom. The molecule has 0 radical (unpaired) electrons. The van der Waals surface area contributed by atoms with E-state index in [0.29, 0.717) is 20.8 Å². The van der Waals surface area contributed by atoms with E-state index in [1.165, 1.54) is 28.6 Å². The van der Waals surface area contributed by atoms with Crippen LogP contribution in [0.5, 0.6) is 5.75 Å². The molecule has 0 amide bonds. The second-order valence-electron chi connectivity index (χ2n) is 5.53. The van der Waals surface area contributed by atoms with E-state index in [-0.39, 0.29) is 11.3 Å². The molecular weight excluding hydrogens is 370 g/mol. The molecule has 0 saturated heterocycles. The van der Waals surface area contributed by atoms with Crippen molar-refractivity contribution in [2.45, 2.75) is 0 Å². The molecule has 26 heavy (non-hydrogen) atoms. The summed E-state index contributed by atoms with van der Waals surface area (Å²) in [6.07, 6.45) is 2.81. The molecule has 0 bridgehead atoms. The molecule has 5 nitrogen and oxygen atoms in total. The number of hydrogen-bond donors (Lipinski definition) is 1. The van der Waals surface area contributed by atoms with Gasteiger partial charge in [-0.3, -0.25) is 4.79 Å². The maximum Gasteiger partial charge on any atom is 0.283 e. The van der Waals surface area contributed by atoms with E-state index >= 15 is 0 Å². The first kappa shape index (κ1) is 16.5. The lowest BCUT2D eigenvalue weighted by molar-refractivity contribution is 0.474. The standard InChI is InChI=1S/C19H12ClN3O2S/c20-14-7-5-12(6-8-14)15-10-26-18-17(15)19(25)23(11-21-18)22-9-13-3-1-2-4-16(13)24/h1-11,24H/b22-9+. The highest BCUT2D eigenvalue weighted by Gasteiger charge is 2.13. The van der Waals surface area contributed by atoms with Crippen molar-refractivity contribution in [3.63, 3.8) is 0 Å². The zero-order valence-electron chi connectivity index (χ0n) is 13.3. The van der Waals surface area contributed by atoms with Crippen molar-refractivity contribution in [2.24, 2.45) is 5.10 Å². The van der Waals surface area contributed by atoms with Gasteiger partial charge in [-0.15, -0.1) is 11.3 Å². The van der Waals surface area contributed by atoms with E-state index in [1.54, 1.807) is 36.4 Å². The first-order valence-electron chi connectivity index (χ1n) is 7.70. The molecule has 4 rings (SSSR count). The molecule has 0 spiro atoms. The number of phenols is 1. The SMILES string of the molecule is O=c1c2c(-c3ccc(Cl)cc3)csc2ncn1/N=C/c1ccccc1O. The Morgan fingerprint density at radius 2 is 1.92 bits per heavy atom. The summed E-state index contributed by atoms with van der Waals surface area (Å²) in [4.78, 5) is 17.9. The molecule has 2 heterocycles. The highest BCUT2D eigenvalue weighted by atomic mass is 35.5. The van der Waals surface area contributed by atoms with E-state index in [4.69, 9.17) is 11.6 Å². The van der Waals surface area contributed by atoms with Crippen LogP contribution < -0.4 is 5.56 Å². The van der Waals surface area contributed by atoms with Crippen LogP contribution in [0.3, 0.4) is 0 Å². The normalized spacial score (nSPS) is 11.4. The predicted molar refractivity (Wildman–Crippen MR) is 105 cm³/mol. The van der Waals surface area contributed by atoms with Gasteiger partial charge in [0.25, 0.3) is 5.56 Å². The number of para-hydroxylation sites is 1. The minimum Gasteiger partial charge on any atom is -0.507 e. The van der Waals surface area contributed by atoms with E-state index in [9.17, 15) is 9.90 Å². The number of phenolic OH excluding ortho intramolecular Hbond substituents is 1. The number of benzene rings is 2. The quantitative estimate of drug-likeness (QED) is 0.536. The van der Waals surface area contributed by atoms with Crippen LogP contribution in [-0.2, 0) is 0 Å². The molecule has 0 unspecified atom stereocenters. The third-order valence-electron chi connectivity index (χ3n) is 3.89. The van der Waals surface area contributed by atoms with Crippen LogP contribution in [0.4, 0.5) is 0 Å². The molecule has 1 N–H and O–H groups in total. The Labute approximate surface area is 157 Å². The topological polar surface area (TPSA) is 67.5 Å². The Morgan fingerprint density at radius 3 is 2.69 bits per heavy atom. The fourth-order valence-electron chi connectivity index (χ4n) is 2.57. The monoisotopic (exact) mass is 381 g/mol. The van der Waals surface area contributed by atoms with Crippen LogP contribution in [0.15, 0.2) is 70.1 Å². The number of halogens is 1. The van der Waals surface area contributed by atoms with Crippen molar-refractivity contribution in [1.82, 2.24) is 9.66 Å². The third kappa shape index (κ3) is 3.00. The van der Waals surface area contributed by atoms with Gasteiger partial charge < -0.3 is 5.11 Å². The van der Waals surface area contributed by atoms with Crippen molar-refractivity contribution >= 4 is 39.4 Å². The van der Waals surface area contributed by atoms with Crippen LogP contribution in [0.25, 0.3) is 21.3 Å². The maximum absolute atomic E-state index is 12.9. The van der Waals surface area contributed by atoms with Crippen molar-refractivity contribution in [3.05, 3.63) is 81.2 Å². The van der Waals surface area contributed by atoms with Crippen molar-refractivity contribution in [2.75, 3.05) is 0 Å². The lowest BCUT2D eigenvalue weighted by Gasteiger charge is -2.02. The second kappa shape index (κ2) is 6.74. The van der Waals surface area contributed by atoms with Gasteiger partial charge in [0, 0.05) is 21.5 Å². The smallest absolute Gasteiger partial charge is 0.283 e. The summed E-state index contributed by atoms with van der Waals surface area (Å²) < 4.78 is 1.17. The van der Waals surface area contributed by atoms with Gasteiger partial charge in [0.15, 0.2) is 0 Å². The van der Waals surface area contributed by atoms with Crippen LogP contribution in [0.2, 0.25) is 5.02 Å². The lowest BCUT2D eigenvalue weighted by Crippen LogP contribution is -2.16. The number of rotatable bonds is 3. The zero-order chi connectivity index (χ0) is 18.1. The minimum atomic E-state index is -0.270. The van der Waals surface area contributed by atoms with E-state index in [1.807, 2.05) is 17.5 Å². The average Bonchev–Trinajstić information content (AvgIpc) is 3.08. The van der Waals surface area contributed by atoms with Crippen LogP contribution in [-0.4, -0.2) is 21.0 Å². The molecular formula is C19H12ClN3O2S. The summed E-state index contributed by atoms with van der Waals surface area (Å²) in [6, 6.07) is 14.1. The van der Waals surface area contributed by atoms with Crippen molar-refractivity contribution < 1.29 is 5.11 Å². The van der Waals surface area contributed by atoms with Gasteiger partial charge in [-0.1, -0.05) is 35.9 Å². The Kier molecular flexibility index (Phi) is 4.28. The number of thiophene rings is 1. The van der Waals surface area contributed by atoms with Crippen LogP contribution >= 0.6 is 22.9 Å². The van der Waals surface area contributed by atoms with Crippen molar-refractivity contribution in [3.8, 4) is 16.9 Å². The van der Waals surface area contributed by atoms with Gasteiger partial charge in [0.05, 0.1) is 11.6 Å². The largest absolute Gasteiger partial charge is 0.507 e. The average molecular weight is 382 g/mol. The van der Waals surface area contributed by atoms with Crippen molar-refractivity contribution in [1.29, 1.82) is 0 Å². The second-order valence-corrected chi connectivity index (χ2v) is 6.83. The molecule has 0 atom stereocenters. The summed E-state index contributed by atoms with van der Waals surface area (Å²) in [7, 11) is 0. The van der Waals surface area contributed by atoms with Gasteiger partial charge in [0.1, 0.15) is 16.9 Å². The molecule has 4 aromatic rings. The Balaban J connectivity index is 1.82. The summed E-state index contributed by atoms with van der Waals surface area (Å²) in [5.41, 5.74) is 1.93. The third-order valence-corrected chi connectivity index (χ3v) is 5.03. The Hall–Kier alpha value is -2.96. The number of aromatic nitrogens is 2. The molecule has 0 aliphatic carbocycles. The van der Waals surface area contributed by atoms with Gasteiger partial charge in [-0.05, 0) is 29.8 Å². The zero-order valence-corrected chi connectivity index (χ0v) is 14.9. The first-order valence-corrected chi connectivity index (χ1v) is 8.96. The molecule has 2 aromatic heterocycles. The maximum atomic E-state index is 12.9. The van der Waals surface area contributed by atoms with E-state index in [0.717, 1.165) is 11.1 Å². The highest BCUT2D eigenvalue weighted by Crippen LogP contribution is 2.31. The minimum absolute atomic E-state index is 0.0933. The number of nitrogens with zero attached hydrogens (tertiary/aromatic N) is 3. The highest BCUT2D eigenvalue weighted by molar-refractivity contribution is 7.17. The van der Waals surface area contributed by atoms with Gasteiger partial charge in [-0.25, -0.2) is 4.98 Å². The predicted octanol–water partition coefficient (Wildman–Crippen LogP) is 4.37. The summed E-state index contributed by atoms with van der Waals surface area (Å²) >= 11 is 7.35. The number of aromatic hydroxyl groups is 1. The molecule has 128 valence electrons. The molecule has 0 fully saturated rings. The summed E-state index contributed by atoms with van der Waals surface area (Å²) in [6.45, 7) is 0. The number of fused-ring (bicyclic) bond motifs is 1. The summed E-state index contributed by atoms with van der Waals surface area (Å²) in [5.74, 6) is 0.0933. The van der Waals surface area contributed by atoms with Gasteiger partial charge >= 0.3 is 0 Å². The molecule has 2 aromatic carbocycles. The van der Waals surface area contributed by atoms with E-state index < -0.39 is 0 Å². The van der Waals surface area contributed by atoms with Gasteiger partial charge in [0.2, 0.25) is 0 Å². The van der Waals surface area contributed by atoms with E-state index in [2.05, 4.69) is 10.1 Å². The first-order chi connectivity index (χ1) is 12.6. The Bertz CT molecular complexity index is 1180. The molecule has 7 heteroatoms. The lowest BCUT2D eigenvalue weighted by atomic mass is 10.1. The summed E-state index contributed by atoms with van der Waals surface area (Å²) in [5, 5.41) is 17.0. The number of hydrogen-bond acceptors (Lipinski definition) is 5. The van der Waals surface area contributed by atoms with Crippen LogP contribution in [0.1, 0.15) is 5.56 Å². The molecule has 0 aliphatic rings. The molecule has 0 aliphatic heterocycles.